The maximum absolute atomic E-state index is 5.67. The van der Waals surface area contributed by atoms with Gasteiger partial charge in [0, 0.05) is 0 Å². The summed E-state index contributed by atoms with van der Waals surface area (Å²) in [5.74, 6) is 0.350. The van der Waals surface area contributed by atoms with Crippen molar-refractivity contribution in [2.75, 3.05) is 12.3 Å². The van der Waals surface area contributed by atoms with Crippen molar-refractivity contribution in [3.05, 3.63) is 47.4 Å². The molecule has 0 radical (unpaired) electrons. The molecule has 2 aromatic rings. The summed E-state index contributed by atoms with van der Waals surface area (Å²) in [5, 5.41) is 0.141. The van der Waals surface area contributed by atoms with E-state index in [0.29, 0.717) is 18.2 Å². The minimum Gasteiger partial charge on any atom is -0.476 e. The van der Waals surface area contributed by atoms with Crippen LogP contribution in [0.1, 0.15) is 12.0 Å². The van der Waals surface area contributed by atoms with E-state index in [4.69, 9.17) is 22.1 Å². The lowest BCUT2D eigenvalue weighted by molar-refractivity contribution is 0.300. The molecule has 1 heterocycles. The Balaban J connectivity index is 1.80. The summed E-state index contributed by atoms with van der Waals surface area (Å²) in [4.78, 5) is 7.69. The molecule has 0 spiro atoms. The fourth-order valence-corrected chi connectivity index (χ4v) is 1.69. The molecule has 0 saturated carbocycles. The highest BCUT2D eigenvalue weighted by Crippen LogP contribution is 2.18. The van der Waals surface area contributed by atoms with Crippen LogP contribution >= 0.6 is 11.6 Å². The lowest BCUT2D eigenvalue weighted by Crippen LogP contribution is -2.04. The molecule has 0 amide bonds. The van der Waals surface area contributed by atoms with Crippen LogP contribution in [0.25, 0.3) is 0 Å². The molecule has 0 unspecified atom stereocenters. The monoisotopic (exact) mass is 263 g/mol. The van der Waals surface area contributed by atoms with Gasteiger partial charge in [-0.15, -0.1) is 0 Å². The fourth-order valence-electron chi connectivity index (χ4n) is 1.56. The number of ether oxygens (including phenoxy) is 1. The first-order chi connectivity index (χ1) is 8.75. The zero-order valence-corrected chi connectivity index (χ0v) is 10.6. The average Bonchev–Trinajstić information content (AvgIpc) is 2.40. The molecular weight excluding hydrogens is 250 g/mol. The van der Waals surface area contributed by atoms with Crippen molar-refractivity contribution in [3.8, 4) is 5.88 Å². The Morgan fingerprint density at radius 2 is 2.00 bits per heavy atom. The van der Waals surface area contributed by atoms with Crippen molar-refractivity contribution in [1.82, 2.24) is 9.97 Å². The molecule has 4 nitrogen and oxygen atoms in total. The van der Waals surface area contributed by atoms with Gasteiger partial charge in [0.25, 0.3) is 0 Å². The van der Waals surface area contributed by atoms with Gasteiger partial charge in [-0.25, -0.2) is 4.98 Å². The van der Waals surface area contributed by atoms with E-state index < -0.39 is 0 Å². The molecule has 18 heavy (non-hydrogen) atoms. The Hall–Kier alpha value is -1.81. The largest absolute Gasteiger partial charge is 0.476 e. The first-order valence-corrected chi connectivity index (χ1v) is 6.08. The van der Waals surface area contributed by atoms with E-state index in [1.807, 2.05) is 18.2 Å². The number of aryl methyl sites for hydroxylation is 1. The Kier molecular flexibility index (Phi) is 4.36. The summed E-state index contributed by atoms with van der Waals surface area (Å²) in [6.07, 6.45) is 3.30. The predicted molar refractivity (Wildman–Crippen MR) is 71.7 cm³/mol. The molecule has 0 aliphatic rings. The summed E-state index contributed by atoms with van der Waals surface area (Å²) in [5.41, 5.74) is 7.36. The van der Waals surface area contributed by atoms with Crippen LogP contribution < -0.4 is 10.5 Å². The lowest BCUT2D eigenvalue weighted by Gasteiger charge is -2.07. The van der Waals surface area contributed by atoms with Crippen molar-refractivity contribution in [1.29, 1.82) is 0 Å². The minimum absolute atomic E-state index is 0.141. The number of hydrogen-bond acceptors (Lipinski definition) is 4. The van der Waals surface area contributed by atoms with E-state index in [9.17, 15) is 0 Å². The topological polar surface area (TPSA) is 61.0 Å². The highest BCUT2D eigenvalue weighted by Gasteiger charge is 2.04. The van der Waals surface area contributed by atoms with Crippen LogP contribution in [0.15, 0.2) is 36.5 Å². The molecule has 2 N–H and O–H groups in total. The summed E-state index contributed by atoms with van der Waals surface area (Å²) < 4.78 is 5.48. The van der Waals surface area contributed by atoms with Crippen LogP contribution in [0.5, 0.6) is 5.88 Å². The van der Waals surface area contributed by atoms with E-state index in [1.54, 1.807) is 0 Å². The number of nitrogens with zero attached hydrogens (tertiary/aromatic N) is 2. The van der Waals surface area contributed by atoms with Crippen LogP contribution in [0.4, 0.5) is 5.69 Å². The van der Waals surface area contributed by atoms with Gasteiger partial charge >= 0.3 is 0 Å². The van der Waals surface area contributed by atoms with Crippen molar-refractivity contribution >= 4 is 17.3 Å². The van der Waals surface area contributed by atoms with Gasteiger partial charge < -0.3 is 10.5 Å². The highest BCUT2D eigenvalue weighted by molar-refractivity contribution is 6.28. The molecular formula is C13H14ClN3O. The second kappa shape index (κ2) is 6.21. The second-order valence-corrected chi connectivity index (χ2v) is 4.18. The number of nitrogens with two attached hydrogens (primary N) is 1. The average molecular weight is 264 g/mol. The van der Waals surface area contributed by atoms with Crippen molar-refractivity contribution in [2.24, 2.45) is 0 Å². The molecule has 0 atom stereocenters. The van der Waals surface area contributed by atoms with Crippen LogP contribution in [0.3, 0.4) is 0 Å². The number of hydrogen-bond donors (Lipinski definition) is 1. The molecule has 0 saturated heterocycles. The third-order valence-electron chi connectivity index (χ3n) is 2.44. The maximum atomic E-state index is 5.67. The van der Waals surface area contributed by atoms with E-state index >= 15 is 0 Å². The Bertz CT molecular complexity index is 505. The van der Waals surface area contributed by atoms with Crippen molar-refractivity contribution in [2.45, 2.75) is 12.8 Å². The Morgan fingerprint density at radius 1 is 1.22 bits per heavy atom. The number of nitrogen functional groups attached to an aromatic ring is 1. The smallest absolute Gasteiger partial charge is 0.241 e. The van der Waals surface area contributed by atoms with E-state index in [2.05, 4.69) is 22.1 Å². The quantitative estimate of drug-likeness (QED) is 0.666. The minimum atomic E-state index is 0.141. The van der Waals surface area contributed by atoms with Gasteiger partial charge in [0.05, 0.1) is 12.8 Å². The molecule has 0 aliphatic carbocycles. The van der Waals surface area contributed by atoms with Crippen molar-refractivity contribution < 1.29 is 4.74 Å². The van der Waals surface area contributed by atoms with Gasteiger partial charge in [-0.05, 0) is 30.0 Å². The highest BCUT2D eigenvalue weighted by atomic mass is 35.5. The van der Waals surface area contributed by atoms with Gasteiger partial charge in [0.1, 0.15) is 5.69 Å². The van der Waals surface area contributed by atoms with Crippen LogP contribution in [0.2, 0.25) is 5.28 Å². The molecule has 1 aromatic heterocycles. The van der Waals surface area contributed by atoms with E-state index in [1.165, 1.54) is 11.8 Å². The predicted octanol–water partition coefficient (Wildman–Crippen LogP) is 2.72. The third kappa shape index (κ3) is 3.60. The molecule has 0 bridgehead atoms. The van der Waals surface area contributed by atoms with Gasteiger partial charge in [-0.2, -0.15) is 4.98 Å². The first kappa shape index (κ1) is 12.6. The second-order valence-electron chi connectivity index (χ2n) is 3.84. The summed E-state index contributed by atoms with van der Waals surface area (Å²) in [6.45, 7) is 0.548. The van der Waals surface area contributed by atoms with Gasteiger partial charge in [0.2, 0.25) is 11.2 Å². The normalized spacial score (nSPS) is 10.3. The zero-order chi connectivity index (χ0) is 12.8. The Morgan fingerprint density at radius 3 is 2.78 bits per heavy atom. The maximum Gasteiger partial charge on any atom is 0.241 e. The zero-order valence-electron chi connectivity index (χ0n) is 9.84. The van der Waals surface area contributed by atoms with Gasteiger partial charge in [-0.1, -0.05) is 30.3 Å². The number of halogens is 1. The van der Waals surface area contributed by atoms with Gasteiger partial charge in [0.15, 0.2) is 0 Å². The van der Waals surface area contributed by atoms with Crippen LogP contribution in [0, 0.1) is 0 Å². The van der Waals surface area contributed by atoms with Crippen LogP contribution in [-0.2, 0) is 6.42 Å². The number of benzene rings is 1. The molecule has 2 rings (SSSR count). The van der Waals surface area contributed by atoms with E-state index in [-0.39, 0.29) is 5.28 Å². The molecule has 0 fully saturated rings. The Labute approximate surface area is 111 Å². The molecule has 5 heteroatoms. The fraction of sp³-hybridized carbons (Fsp3) is 0.231. The lowest BCUT2D eigenvalue weighted by atomic mass is 10.1. The number of rotatable bonds is 5. The standard InChI is InChI=1S/C13H14ClN3O/c14-13-16-9-11(15)12(17-13)18-8-4-7-10-5-2-1-3-6-10/h1-3,5-6,9H,4,7-8,15H2. The van der Waals surface area contributed by atoms with Gasteiger partial charge in [-0.3, -0.25) is 0 Å². The van der Waals surface area contributed by atoms with Crippen LogP contribution in [-0.4, -0.2) is 16.6 Å². The molecule has 0 aliphatic heterocycles. The number of anilines is 1. The SMILES string of the molecule is Nc1cnc(Cl)nc1OCCCc1ccccc1. The molecule has 1 aromatic carbocycles. The summed E-state index contributed by atoms with van der Waals surface area (Å²) in [6, 6.07) is 10.2. The number of aromatic nitrogens is 2. The summed E-state index contributed by atoms with van der Waals surface area (Å²) >= 11 is 5.67. The van der Waals surface area contributed by atoms with Crippen molar-refractivity contribution in [3.63, 3.8) is 0 Å². The van der Waals surface area contributed by atoms with E-state index in [0.717, 1.165) is 12.8 Å². The third-order valence-corrected chi connectivity index (χ3v) is 2.62. The summed E-state index contributed by atoms with van der Waals surface area (Å²) in [7, 11) is 0. The first-order valence-electron chi connectivity index (χ1n) is 5.70. The molecule has 94 valence electrons.